The number of piperidine rings is 1. The van der Waals surface area contributed by atoms with Gasteiger partial charge in [-0.2, -0.15) is 0 Å². The van der Waals surface area contributed by atoms with E-state index in [-0.39, 0.29) is 17.2 Å². The molecule has 3 rings (SSSR count). The van der Waals surface area contributed by atoms with Crippen LogP contribution in [0.2, 0.25) is 0 Å². The largest absolute Gasteiger partial charge is 0.391 e. The summed E-state index contributed by atoms with van der Waals surface area (Å²) in [6.45, 7) is 8.97. The van der Waals surface area contributed by atoms with Crippen LogP contribution < -0.4 is 0 Å². The maximum atomic E-state index is 11.1. The minimum atomic E-state index is -0.281. The minimum Gasteiger partial charge on any atom is -0.391 e. The highest BCUT2D eigenvalue weighted by Gasteiger charge is 2.47. The fraction of sp³-hybridized carbons (Fsp3) is 1.00. The molecule has 1 spiro atoms. The van der Waals surface area contributed by atoms with Gasteiger partial charge in [0.25, 0.3) is 0 Å². The van der Waals surface area contributed by atoms with Crippen LogP contribution in [-0.2, 0) is 9.47 Å². The van der Waals surface area contributed by atoms with E-state index in [1.165, 1.54) is 19.3 Å². The van der Waals surface area contributed by atoms with Gasteiger partial charge < -0.3 is 14.6 Å². The molecule has 3 unspecified atom stereocenters. The van der Waals surface area contributed by atoms with Crippen molar-refractivity contribution in [2.45, 2.75) is 69.6 Å². The van der Waals surface area contributed by atoms with Crippen LogP contribution in [0.15, 0.2) is 0 Å². The standard InChI is InChI=1S/C17H31NO3/c1-16(2,18-8-4-3-5-9-18)15(19)14-6-10-21-17(12-14)7-11-20-13-17/h14-15,19H,3-13H2,1-2H3. The van der Waals surface area contributed by atoms with Gasteiger partial charge in [-0.3, -0.25) is 4.90 Å². The van der Waals surface area contributed by atoms with Crippen LogP contribution in [-0.4, -0.2) is 60.2 Å². The van der Waals surface area contributed by atoms with Crippen molar-refractivity contribution >= 4 is 0 Å². The number of likely N-dealkylation sites (tertiary alicyclic amines) is 1. The average Bonchev–Trinajstić information content (AvgIpc) is 2.95. The Morgan fingerprint density at radius 1 is 1.19 bits per heavy atom. The van der Waals surface area contributed by atoms with Crippen molar-refractivity contribution in [1.29, 1.82) is 0 Å². The zero-order chi connectivity index (χ0) is 14.9. The second-order valence-electron chi connectivity index (χ2n) is 7.73. The molecule has 0 radical (unpaired) electrons. The summed E-state index contributed by atoms with van der Waals surface area (Å²) in [6.07, 6.45) is 6.49. The molecule has 4 nitrogen and oxygen atoms in total. The topological polar surface area (TPSA) is 41.9 Å². The first-order valence-corrected chi connectivity index (χ1v) is 8.68. The molecule has 3 fully saturated rings. The molecular formula is C17H31NO3. The highest BCUT2D eigenvalue weighted by molar-refractivity contribution is 4.99. The molecule has 3 aliphatic rings. The molecule has 0 aliphatic carbocycles. The Bertz CT molecular complexity index is 346. The maximum absolute atomic E-state index is 11.1. The predicted molar refractivity (Wildman–Crippen MR) is 82.4 cm³/mol. The summed E-state index contributed by atoms with van der Waals surface area (Å²) in [5.74, 6) is 0.331. The van der Waals surface area contributed by atoms with Crippen molar-refractivity contribution in [3.63, 3.8) is 0 Å². The minimum absolute atomic E-state index is 0.109. The Hall–Kier alpha value is -0.160. The van der Waals surface area contributed by atoms with Gasteiger partial charge in [0.05, 0.1) is 18.3 Å². The quantitative estimate of drug-likeness (QED) is 0.867. The van der Waals surface area contributed by atoms with E-state index >= 15 is 0 Å². The van der Waals surface area contributed by atoms with Crippen molar-refractivity contribution in [3.05, 3.63) is 0 Å². The molecule has 1 N–H and O–H groups in total. The molecule has 0 bridgehead atoms. The number of ether oxygens (including phenoxy) is 2. The van der Waals surface area contributed by atoms with Crippen LogP contribution in [0.25, 0.3) is 0 Å². The van der Waals surface area contributed by atoms with E-state index in [0.717, 1.165) is 45.6 Å². The van der Waals surface area contributed by atoms with Gasteiger partial charge in [-0.05, 0) is 58.5 Å². The monoisotopic (exact) mass is 297 g/mol. The van der Waals surface area contributed by atoms with E-state index < -0.39 is 0 Å². The van der Waals surface area contributed by atoms with E-state index in [9.17, 15) is 5.11 Å². The maximum Gasteiger partial charge on any atom is 0.0940 e. The molecule has 0 saturated carbocycles. The second kappa shape index (κ2) is 6.15. The number of hydrogen-bond donors (Lipinski definition) is 1. The summed E-state index contributed by atoms with van der Waals surface area (Å²) in [5, 5.41) is 11.1. The Morgan fingerprint density at radius 2 is 1.95 bits per heavy atom. The molecule has 0 aromatic heterocycles. The number of nitrogens with zero attached hydrogens (tertiary/aromatic N) is 1. The molecule has 3 aliphatic heterocycles. The van der Waals surface area contributed by atoms with Crippen LogP contribution >= 0.6 is 0 Å². The smallest absolute Gasteiger partial charge is 0.0940 e. The summed E-state index contributed by atoms with van der Waals surface area (Å²) in [5.41, 5.74) is -0.245. The van der Waals surface area contributed by atoms with Crippen molar-refractivity contribution in [2.24, 2.45) is 5.92 Å². The number of hydrogen-bond acceptors (Lipinski definition) is 4. The SMILES string of the molecule is CC(C)(C(O)C1CCOC2(CCOC2)C1)N1CCCCC1. The predicted octanol–water partition coefficient (Wildman–Crippen LogP) is 2.20. The number of aliphatic hydroxyl groups is 1. The van der Waals surface area contributed by atoms with Crippen LogP contribution in [0.4, 0.5) is 0 Å². The summed E-state index contributed by atoms with van der Waals surface area (Å²) >= 11 is 0. The van der Waals surface area contributed by atoms with E-state index in [4.69, 9.17) is 9.47 Å². The van der Waals surface area contributed by atoms with Crippen molar-refractivity contribution in [3.8, 4) is 0 Å². The molecule has 3 saturated heterocycles. The van der Waals surface area contributed by atoms with Gasteiger partial charge in [0.15, 0.2) is 0 Å². The Morgan fingerprint density at radius 3 is 2.62 bits per heavy atom. The molecular weight excluding hydrogens is 266 g/mol. The third-order valence-electron chi connectivity index (χ3n) is 5.94. The van der Waals surface area contributed by atoms with Crippen LogP contribution in [0.3, 0.4) is 0 Å². The third-order valence-corrected chi connectivity index (χ3v) is 5.94. The molecule has 0 amide bonds. The van der Waals surface area contributed by atoms with Gasteiger partial charge >= 0.3 is 0 Å². The second-order valence-corrected chi connectivity index (χ2v) is 7.73. The third kappa shape index (κ3) is 3.14. The molecule has 4 heteroatoms. The highest BCUT2D eigenvalue weighted by atomic mass is 16.6. The summed E-state index contributed by atoms with van der Waals surface area (Å²) in [4.78, 5) is 2.49. The zero-order valence-corrected chi connectivity index (χ0v) is 13.6. The molecule has 3 heterocycles. The van der Waals surface area contributed by atoms with Crippen molar-refractivity contribution < 1.29 is 14.6 Å². The average molecular weight is 297 g/mol. The van der Waals surface area contributed by atoms with Gasteiger partial charge in [-0.1, -0.05) is 6.42 Å². The van der Waals surface area contributed by atoms with E-state index in [0.29, 0.717) is 12.5 Å². The lowest BCUT2D eigenvalue weighted by Crippen LogP contribution is -2.58. The molecule has 21 heavy (non-hydrogen) atoms. The Balaban J connectivity index is 1.66. The fourth-order valence-corrected chi connectivity index (χ4v) is 4.43. The summed E-state index contributed by atoms with van der Waals surface area (Å²) in [7, 11) is 0. The Kier molecular flexibility index (Phi) is 4.60. The van der Waals surface area contributed by atoms with Crippen LogP contribution in [0.5, 0.6) is 0 Å². The fourth-order valence-electron chi connectivity index (χ4n) is 4.43. The van der Waals surface area contributed by atoms with Gasteiger partial charge in [-0.15, -0.1) is 0 Å². The lowest BCUT2D eigenvalue weighted by molar-refractivity contribution is -0.138. The summed E-state index contributed by atoms with van der Waals surface area (Å²) in [6, 6.07) is 0. The lowest BCUT2D eigenvalue weighted by Gasteiger charge is -2.49. The van der Waals surface area contributed by atoms with Crippen LogP contribution in [0.1, 0.15) is 52.4 Å². The van der Waals surface area contributed by atoms with E-state index in [1.807, 2.05) is 0 Å². The van der Waals surface area contributed by atoms with E-state index in [1.54, 1.807) is 0 Å². The Labute approximate surface area is 128 Å². The van der Waals surface area contributed by atoms with Gasteiger partial charge in [0, 0.05) is 25.2 Å². The first kappa shape index (κ1) is 15.7. The lowest BCUT2D eigenvalue weighted by atomic mass is 9.75. The zero-order valence-electron chi connectivity index (χ0n) is 13.6. The van der Waals surface area contributed by atoms with Crippen molar-refractivity contribution in [2.75, 3.05) is 32.9 Å². The van der Waals surface area contributed by atoms with E-state index in [2.05, 4.69) is 18.7 Å². The normalized spacial score (nSPS) is 37.0. The van der Waals surface area contributed by atoms with Gasteiger partial charge in [0.1, 0.15) is 0 Å². The number of rotatable bonds is 3. The molecule has 0 aromatic rings. The van der Waals surface area contributed by atoms with Crippen molar-refractivity contribution in [1.82, 2.24) is 4.90 Å². The van der Waals surface area contributed by atoms with Gasteiger partial charge in [0.2, 0.25) is 0 Å². The van der Waals surface area contributed by atoms with Crippen LogP contribution in [0, 0.1) is 5.92 Å². The molecule has 0 aromatic carbocycles. The first-order chi connectivity index (χ1) is 10.0. The number of aliphatic hydroxyl groups excluding tert-OH is 1. The molecule has 122 valence electrons. The van der Waals surface area contributed by atoms with Gasteiger partial charge in [-0.25, -0.2) is 0 Å². The highest BCUT2D eigenvalue weighted by Crippen LogP contribution is 2.40. The molecule has 3 atom stereocenters. The first-order valence-electron chi connectivity index (χ1n) is 8.68. The summed E-state index contributed by atoms with van der Waals surface area (Å²) < 4.78 is 11.6.